The number of aromatic amines is 1. The van der Waals surface area contributed by atoms with Gasteiger partial charge in [-0.15, -0.1) is 0 Å². The van der Waals surface area contributed by atoms with Crippen LogP contribution in [-0.2, 0) is 11.3 Å². The number of hydrogen-bond donors (Lipinski definition) is 2. The van der Waals surface area contributed by atoms with Crippen molar-refractivity contribution in [3.8, 4) is 0 Å². The number of H-pyrrole nitrogens is 1. The van der Waals surface area contributed by atoms with Gasteiger partial charge < -0.3 is 15.0 Å². The second-order valence-electron chi connectivity index (χ2n) is 6.89. The zero-order chi connectivity index (χ0) is 18.5. The van der Waals surface area contributed by atoms with E-state index in [1.165, 1.54) is 6.33 Å². The Morgan fingerprint density at radius 1 is 1.19 bits per heavy atom. The second-order valence-corrected chi connectivity index (χ2v) is 6.89. The highest BCUT2D eigenvalue weighted by Gasteiger charge is 2.28. The summed E-state index contributed by atoms with van der Waals surface area (Å²) < 4.78 is 5.43. The van der Waals surface area contributed by atoms with Gasteiger partial charge in [-0.25, -0.2) is 9.97 Å². The van der Waals surface area contributed by atoms with Crippen molar-refractivity contribution in [3.05, 3.63) is 36.0 Å². The summed E-state index contributed by atoms with van der Waals surface area (Å²) >= 11 is 0. The predicted octanol–water partition coefficient (Wildman–Crippen LogP) is 0.749. The van der Waals surface area contributed by atoms with Crippen LogP contribution in [0.25, 0.3) is 0 Å². The third-order valence-corrected chi connectivity index (χ3v) is 5.23. The van der Waals surface area contributed by atoms with Gasteiger partial charge in [-0.2, -0.15) is 5.10 Å². The van der Waals surface area contributed by atoms with Crippen LogP contribution in [0.15, 0.2) is 24.7 Å². The Morgan fingerprint density at radius 3 is 2.67 bits per heavy atom. The number of nitrogens with zero attached hydrogens (tertiary/aromatic N) is 5. The molecule has 0 radical (unpaired) electrons. The maximum absolute atomic E-state index is 12.7. The Balaban J connectivity index is 1.28. The monoisotopic (exact) mass is 371 g/mol. The molecule has 0 unspecified atom stereocenters. The Kier molecular flexibility index (Phi) is 5.59. The van der Waals surface area contributed by atoms with Crippen LogP contribution in [0.2, 0.25) is 0 Å². The fraction of sp³-hybridized carbons (Fsp3) is 0.556. The minimum atomic E-state index is 0.0599. The highest BCUT2D eigenvalue weighted by molar-refractivity contribution is 5.94. The van der Waals surface area contributed by atoms with E-state index in [2.05, 4.69) is 30.4 Å². The van der Waals surface area contributed by atoms with Gasteiger partial charge in [0, 0.05) is 38.4 Å². The van der Waals surface area contributed by atoms with Crippen molar-refractivity contribution in [1.29, 1.82) is 0 Å². The minimum absolute atomic E-state index is 0.0599. The van der Waals surface area contributed by atoms with Crippen LogP contribution in [-0.4, -0.2) is 81.3 Å². The molecule has 9 heteroatoms. The fourth-order valence-electron chi connectivity index (χ4n) is 3.67. The first-order valence-electron chi connectivity index (χ1n) is 9.45. The van der Waals surface area contributed by atoms with E-state index in [0.29, 0.717) is 24.0 Å². The summed E-state index contributed by atoms with van der Waals surface area (Å²) in [6.45, 7) is 5.76. The molecule has 0 atom stereocenters. The molecule has 0 aromatic carbocycles. The molecule has 27 heavy (non-hydrogen) atoms. The Hall–Kier alpha value is -2.52. The zero-order valence-corrected chi connectivity index (χ0v) is 15.3. The van der Waals surface area contributed by atoms with Crippen molar-refractivity contribution in [2.45, 2.75) is 25.4 Å². The highest BCUT2D eigenvalue weighted by Crippen LogP contribution is 2.19. The number of anilines is 1. The van der Waals surface area contributed by atoms with Crippen molar-refractivity contribution >= 4 is 11.7 Å². The molecule has 0 spiro atoms. The zero-order valence-electron chi connectivity index (χ0n) is 15.3. The molecule has 2 aromatic heterocycles. The first-order chi connectivity index (χ1) is 13.3. The van der Waals surface area contributed by atoms with Crippen LogP contribution >= 0.6 is 0 Å². The molecule has 0 saturated carbocycles. The van der Waals surface area contributed by atoms with Gasteiger partial charge in [-0.05, 0) is 25.0 Å². The van der Waals surface area contributed by atoms with Crippen molar-refractivity contribution in [2.24, 2.45) is 0 Å². The SMILES string of the molecule is O=C(c1ccc(NCc2ncn[nH]2)nc1)N1CCC(N2CCOCC2)CC1. The molecule has 4 heterocycles. The summed E-state index contributed by atoms with van der Waals surface area (Å²) in [5.41, 5.74) is 0.630. The number of rotatable bonds is 5. The number of amides is 1. The molecule has 144 valence electrons. The standard InChI is InChI=1S/C18H25N7O2/c26-18(25-5-3-15(4-6-25)24-7-9-27-10-8-24)14-1-2-16(19-11-14)20-12-17-21-13-22-23-17/h1-2,11,13,15H,3-10,12H2,(H,19,20)(H,21,22,23). The number of morpholine rings is 1. The molecule has 0 bridgehead atoms. The van der Waals surface area contributed by atoms with E-state index in [-0.39, 0.29) is 5.91 Å². The Bertz CT molecular complexity index is 721. The summed E-state index contributed by atoms with van der Waals surface area (Å²) in [5, 5.41) is 9.74. The first-order valence-corrected chi connectivity index (χ1v) is 9.45. The summed E-state index contributed by atoms with van der Waals surface area (Å²) in [6, 6.07) is 4.22. The van der Waals surface area contributed by atoms with Gasteiger partial charge in [0.2, 0.25) is 0 Å². The van der Waals surface area contributed by atoms with Gasteiger partial charge in [0.15, 0.2) is 0 Å². The maximum atomic E-state index is 12.7. The lowest BCUT2D eigenvalue weighted by molar-refractivity contribution is 0.00158. The molecule has 9 nitrogen and oxygen atoms in total. The predicted molar refractivity (Wildman–Crippen MR) is 99.3 cm³/mol. The minimum Gasteiger partial charge on any atom is -0.379 e. The maximum Gasteiger partial charge on any atom is 0.255 e. The van der Waals surface area contributed by atoms with Gasteiger partial charge in [-0.1, -0.05) is 0 Å². The van der Waals surface area contributed by atoms with Crippen molar-refractivity contribution in [3.63, 3.8) is 0 Å². The first kappa shape index (κ1) is 17.9. The third-order valence-electron chi connectivity index (χ3n) is 5.23. The van der Waals surface area contributed by atoms with Gasteiger partial charge >= 0.3 is 0 Å². The van der Waals surface area contributed by atoms with Crippen LogP contribution in [0.3, 0.4) is 0 Å². The molecule has 2 aliphatic rings. The number of pyridine rings is 1. The van der Waals surface area contributed by atoms with E-state index in [0.717, 1.165) is 58.1 Å². The number of nitrogens with one attached hydrogen (secondary N) is 2. The Morgan fingerprint density at radius 2 is 2.00 bits per heavy atom. The van der Waals surface area contributed by atoms with E-state index in [1.807, 2.05) is 17.0 Å². The molecule has 2 saturated heterocycles. The van der Waals surface area contributed by atoms with Crippen molar-refractivity contribution in [1.82, 2.24) is 30.0 Å². The Labute approximate surface area is 158 Å². The lowest BCUT2D eigenvalue weighted by Crippen LogP contribution is -2.50. The van der Waals surface area contributed by atoms with Crippen LogP contribution in [0.4, 0.5) is 5.82 Å². The van der Waals surface area contributed by atoms with E-state index < -0.39 is 0 Å². The van der Waals surface area contributed by atoms with E-state index >= 15 is 0 Å². The van der Waals surface area contributed by atoms with Crippen molar-refractivity contribution < 1.29 is 9.53 Å². The molecule has 1 amide bonds. The van der Waals surface area contributed by atoms with E-state index in [9.17, 15) is 4.79 Å². The number of hydrogen-bond acceptors (Lipinski definition) is 7. The van der Waals surface area contributed by atoms with E-state index in [1.54, 1.807) is 6.20 Å². The lowest BCUT2D eigenvalue weighted by Gasteiger charge is -2.40. The smallest absolute Gasteiger partial charge is 0.255 e. The van der Waals surface area contributed by atoms with Crippen LogP contribution < -0.4 is 5.32 Å². The molecular formula is C18H25N7O2. The molecule has 4 rings (SSSR count). The molecule has 0 aliphatic carbocycles. The fourth-order valence-corrected chi connectivity index (χ4v) is 3.67. The average Bonchev–Trinajstić information content (AvgIpc) is 3.27. The number of carbonyl (C=O) groups is 1. The largest absolute Gasteiger partial charge is 0.379 e. The molecule has 2 fully saturated rings. The quantitative estimate of drug-likeness (QED) is 0.800. The molecule has 2 aliphatic heterocycles. The topological polar surface area (TPSA) is 99.3 Å². The summed E-state index contributed by atoms with van der Waals surface area (Å²) in [7, 11) is 0. The molecular weight excluding hydrogens is 346 g/mol. The normalized spacial score (nSPS) is 19.2. The number of ether oxygens (including phenoxy) is 1. The van der Waals surface area contributed by atoms with Crippen LogP contribution in [0.5, 0.6) is 0 Å². The van der Waals surface area contributed by atoms with Crippen LogP contribution in [0.1, 0.15) is 29.0 Å². The number of aromatic nitrogens is 4. The number of carbonyl (C=O) groups excluding carboxylic acids is 1. The van der Waals surface area contributed by atoms with Gasteiger partial charge in [0.1, 0.15) is 18.0 Å². The molecule has 2 N–H and O–H groups in total. The third kappa shape index (κ3) is 4.42. The van der Waals surface area contributed by atoms with E-state index in [4.69, 9.17) is 4.74 Å². The van der Waals surface area contributed by atoms with Crippen LogP contribution in [0, 0.1) is 0 Å². The molecule has 2 aromatic rings. The lowest BCUT2D eigenvalue weighted by atomic mass is 10.0. The number of likely N-dealkylation sites (tertiary alicyclic amines) is 1. The average molecular weight is 371 g/mol. The number of piperidine rings is 1. The summed E-state index contributed by atoms with van der Waals surface area (Å²) in [5.74, 6) is 1.50. The van der Waals surface area contributed by atoms with Crippen molar-refractivity contribution in [2.75, 3.05) is 44.7 Å². The summed E-state index contributed by atoms with van der Waals surface area (Å²) in [6.07, 6.45) is 5.15. The second kappa shape index (κ2) is 8.45. The van der Waals surface area contributed by atoms with Gasteiger partial charge in [0.05, 0.1) is 25.3 Å². The summed E-state index contributed by atoms with van der Waals surface area (Å²) in [4.78, 5) is 25.6. The van der Waals surface area contributed by atoms with Gasteiger partial charge in [-0.3, -0.25) is 14.8 Å². The highest BCUT2D eigenvalue weighted by atomic mass is 16.5. The van der Waals surface area contributed by atoms with Gasteiger partial charge in [0.25, 0.3) is 5.91 Å².